The fourth-order valence-corrected chi connectivity index (χ4v) is 5.96. The fraction of sp³-hybridized carbons (Fsp3) is 0.348. The van der Waals surface area contributed by atoms with Crippen molar-refractivity contribution in [2.75, 3.05) is 23.9 Å². The lowest BCUT2D eigenvalue weighted by Gasteiger charge is -2.35. The summed E-state index contributed by atoms with van der Waals surface area (Å²) in [5.41, 5.74) is 0.828. The van der Waals surface area contributed by atoms with E-state index < -0.39 is 10.0 Å². The number of hydrogen-bond acceptors (Lipinski definition) is 3. The molecule has 0 spiro atoms. The van der Waals surface area contributed by atoms with Crippen molar-refractivity contribution in [2.24, 2.45) is 11.8 Å². The van der Waals surface area contributed by atoms with Gasteiger partial charge in [-0.1, -0.05) is 49.7 Å². The van der Waals surface area contributed by atoms with Gasteiger partial charge in [-0.3, -0.25) is 9.10 Å². The van der Waals surface area contributed by atoms with E-state index in [1.165, 1.54) is 22.5 Å². The quantitative estimate of drug-likeness (QED) is 0.596. The molecule has 2 aromatic carbocycles. The first-order valence-electron chi connectivity index (χ1n) is 10.0. The number of piperidine rings is 1. The minimum Gasteiger partial charge on any atom is -0.338 e. The number of likely N-dealkylation sites (tertiary alicyclic amines) is 1. The van der Waals surface area contributed by atoms with Crippen LogP contribution >= 0.6 is 11.6 Å². The number of sulfonamides is 1. The third-order valence-electron chi connectivity index (χ3n) is 5.24. The summed E-state index contributed by atoms with van der Waals surface area (Å²) in [5.74, 6) is 0.653. The highest BCUT2D eigenvalue weighted by Crippen LogP contribution is 2.30. The normalized spacial score (nSPS) is 19.4. The summed E-state index contributed by atoms with van der Waals surface area (Å²) in [5, 5.41) is 0.0805. The van der Waals surface area contributed by atoms with Crippen molar-refractivity contribution in [3.63, 3.8) is 0 Å². The molecule has 160 valence electrons. The number of para-hydroxylation sites is 1. The summed E-state index contributed by atoms with van der Waals surface area (Å²) < 4.78 is 28.2. The van der Waals surface area contributed by atoms with E-state index in [0.29, 0.717) is 36.2 Å². The van der Waals surface area contributed by atoms with Gasteiger partial charge in [0.1, 0.15) is 4.90 Å². The molecule has 1 aliphatic rings. The average molecular weight is 447 g/mol. The summed E-state index contributed by atoms with van der Waals surface area (Å²) in [4.78, 5) is 14.8. The standard InChI is InChI=1S/C23H27ClN2O3S/c1-4-12-26(20-8-6-5-7-9-20)30(28,29)22-14-19(10-11-21(22)24)23(27)25-15-17(2)13-18(3)16-25/h4-11,14,17-18H,1,12-13,15-16H2,2-3H3. The SMILES string of the molecule is C=CCN(c1ccccc1)S(=O)(=O)c1cc(C(=O)N2CC(C)CC(C)C2)ccc1Cl. The van der Waals surface area contributed by atoms with Crippen LogP contribution in [0.1, 0.15) is 30.6 Å². The van der Waals surface area contributed by atoms with Crippen LogP contribution < -0.4 is 4.31 Å². The van der Waals surface area contributed by atoms with Gasteiger partial charge >= 0.3 is 0 Å². The van der Waals surface area contributed by atoms with E-state index in [-0.39, 0.29) is 22.4 Å². The van der Waals surface area contributed by atoms with Crippen molar-refractivity contribution >= 4 is 33.2 Å². The first-order chi connectivity index (χ1) is 14.2. The van der Waals surface area contributed by atoms with Gasteiger partial charge in [0, 0.05) is 18.7 Å². The zero-order chi connectivity index (χ0) is 21.9. The highest BCUT2D eigenvalue weighted by atomic mass is 35.5. The molecule has 5 nitrogen and oxygen atoms in total. The molecule has 2 unspecified atom stereocenters. The summed E-state index contributed by atoms with van der Waals surface area (Å²) in [6.45, 7) is 9.35. The van der Waals surface area contributed by atoms with E-state index in [1.807, 2.05) is 6.07 Å². The number of hydrogen-bond donors (Lipinski definition) is 0. The third-order valence-corrected chi connectivity index (χ3v) is 7.52. The molecule has 0 aromatic heterocycles. The van der Waals surface area contributed by atoms with Gasteiger partial charge in [-0.15, -0.1) is 6.58 Å². The van der Waals surface area contributed by atoms with Gasteiger partial charge in [-0.25, -0.2) is 8.42 Å². The van der Waals surface area contributed by atoms with Crippen molar-refractivity contribution in [3.8, 4) is 0 Å². The van der Waals surface area contributed by atoms with Crippen molar-refractivity contribution in [1.29, 1.82) is 0 Å². The molecule has 2 aromatic rings. The van der Waals surface area contributed by atoms with Crippen LogP contribution in [0.2, 0.25) is 5.02 Å². The van der Waals surface area contributed by atoms with Gasteiger partial charge in [0.2, 0.25) is 0 Å². The van der Waals surface area contributed by atoms with E-state index in [2.05, 4.69) is 20.4 Å². The van der Waals surface area contributed by atoms with E-state index >= 15 is 0 Å². The van der Waals surface area contributed by atoms with Crippen LogP contribution in [-0.2, 0) is 10.0 Å². The van der Waals surface area contributed by atoms with Gasteiger partial charge in [0.05, 0.1) is 17.3 Å². The first-order valence-corrected chi connectivity index (χ1v) is 11.8. The number of benzene rings is 2. The van der Waals surface area contributed by atoms with Crippen molar-refractivity contribution < 1.29 is 13.2 Å². The lowest BCUT2D eigenvalue weighted by atomic mass is 9.91. The second kappa shape index (κ2) is 9.23. The average Bonchev–Trinajstić information content (AvgIpc) is 2.71. The Morgan fingerprint density at radius 3 is 2.40 bits per heavy atom. The molecule has 1 heterocycles. The Morgan fingerprint density at radius 2 is 1.80 bits per heavy atom. The number of rotatable bonds is 6. The van der Waals surface area contributed by atoms with Gasteiger partial charge in [0.25, 0.3) is 15.9 Å². The minimum atomic E-state index is -4.00. The summed E-state index contributed by atoms with van der Waals surface area (Å²) in [6.07, 6.45) is 2.60. The fourth-order valence-electron chi connectivity index (χ4n) is 4.02. The number of carbonyl (C=O) groups excluding carboxylic acids is 1. The molecule has 1 amide bonds. The highest BCUT2D eigenvalue weighted by molar-refractivity contribution is 7.93. The van der Waals surface area contributed by atoms with E-state index in [4.69, 9.17) is 11.6 Å². The Labute approximate surface area is 184 Å². The Morgan fingerprint density at radius 1 is 1.17 bits per heavy atom. The molecular formula is C23H27ClN2O3S. The first kappa shape index (κ1) is 22.4. The van der Waals surface area contributed by atoms with Crippen LogP contribution in [0.15, 0.2) is 66.1 Å². The molecule has 0 aliphatic carbocycles. The number of amides is 1. The van der Waals surface area contributed by atoms with Gasteiger partial charge in [-0.05, 0) is 48.6 Å². The Balaban J connectivity index is 1.99. The predicted octanol–water partition coefficient (Wildman–Crippen LogP) is 4.84. The smallest absolute Gasteiger partial charge is 0.266 e. The molecule has 1 saturated heterocycles. The van der Waals surface area contributed by atoms with Crippen molar-refractivity contribution in [1.82, 2.24) is 4.90 Å². The molecular weight excluding hydrogens is 420 g/mol. The minimum absolute atomic E-state index is 0.0805. The van der Waals surface area contributed by atoms with Gasteiger partial charge in [0.15, 0.2) is 0 Å². The lowest BCUT2D eigenvalue weighted by Crippen LogP contribution is -2.42. The van der Waals surface area contributed by atoms with E-state index in [9.17, 15) is 13.2 Å². The molecule has 1 fully saturated rings. The number of nitrogens with zero attached hydrogens (tertiary/aromatic N) is 2. The molecule has 3 rings (SSSR count). The maximum atomic E-state index is 13.5. The molecule has 1 aliphatic heterocycles. The van der Waals surface area contributed by atoms with Crippen LogP contribution in [0.5, 0.6) is 0 Å². The maximum Gasteiger partial charge on any atom is 0.266 e. The lowest BCUT2D eigenvalue weighted by molar-refractivity contribution is 0.0623. The number of halogens is 1. The molecule has 0 bridgehead atoms. The Bertz CT molecular complexity index is 1010. The van der Waals surface area contributed by atoms with Crippen LogP contribution in [0.4, 0.5) is 5.69 Å². The zero-order valence-corrected chi connectivity index (χ0v) is 18.9. The van der Waals surface area contributed by atoms with E-state index in [0.717, 1.165) is 6.42 Å². The number of anilines is 1. The number of carbonyl (C=O) groups is 1. The van der Waals surface area contributed by atoms with Gasteiger partial charge < -0.3 is 4.90 Å². The second-order valence-electron chi connectivity index (χ2n) is 7.96. The topological polar surface area (TPSA) is 57.7 Å². The summed E-state index contributed by atoms with van der Waals surface area (Å²) in [6, 6.07) is 13.2. The molecule has 2 atom stereocenters. The largest absolute Gasteiger partial charge is 0.338 e. The Kier molecular flexibility index (Phi) is 6.88. The van der Waals surface area contributed by atoms with Crippen molar-refractivity contribution in [2.45, 2.75) is 25.2 Å². The summed E-state index contributed by atoms with van der Waals surface area (Å²) >= 11 is 6.29. The highest BCUT2D eigenvalue weighted by Gasteiger charge is 2.30. The molecule has 0 saturated carbocycles. The van der Waals surface area contributed by atoms with Crippen LogP contribution in [0.3, 0.4) is 0 Å². The van der Waals surface area contributed by atoms with Crippen LogP contribution in [0.25, 0.3) is 0 Å². The Hall–Kier alpha value is -2.31. The molecule has 30 heavy (non-hydrogen) atoms. The maximum absolute atomic E-state index is 13.5. The zero-order valence-electron chi connectivity index (χ0n) is 17.3. The van der Waals surface area contributed by atoms with E-state index in [1.54, 1.807) is 35.2 Å². The van der Waals surface area contributed by atoms with Crippen LogP contribution in [0, 0.1) is 11.8 Å². The monoisotopic (exact) mass is 446 g/mol. The van der Waals surface area contributed by atoms with Crippen molar-refractivity contribution in [3.05, 3.63) is 71.8 Å². The summed E-state index contributed by atoms with van der Waals surface area (Å²) in [7, 11) is -4.00. The molecule has 7 heteroatoms. The second-order valence-corrected chi connectivity index (χ2v) is 10.2. The van der Waals surface area contributed by atoms with Gasteiger partial charge in [-0.2, -0.15) is 0 Å². The van der Waals surface area contributed by atoms with Crippen LogP contribution in [-0.4, -0.2) is 38.9 Å². The molecule has 0 radical (unpaired) electrons. The third kappa shape index (κ3) is 4.71. The molecule has 0 N–H and O–H groups in total. The predicted molar refractivity (Wildman–Crippen MR) is 121 cm³/mol.